The van der Waals surface area contributed by atoms with Crippen LogP contribution in [0, 0.1) is 17.8 Å². The van der Waals surface area contributed by atoms with Crippen LogP contribution in [0.4, 0.5) is 0 Å². The monoisotopic (exact) mass is 399 g/mol. The first-order chi connectivity index (χ1) is 14.0. The van der Waals surface area contributed by atoms with Crippen LogP contribution in [0.25, 0.3) is 10.9 Å². The van der Waals surface area contributed by atoms with Crippen molar-refractivity contribution in [1.29, 1.82) is 0 Å². The molecule has 156 valence electrons. The average molecular weight is 399 g/mol. The zero-order valence-corrected chi connectivity index (χ0v) is 17.4. The van der Waals surface area contributed by atoms with Crippen LogP contribution < -0.4 is 15.0 Å². The molecular formula is C22H29N3O4. The highest BCUT2D eigenvalue weighted by Crippen LogP contribution is 2.49. The number of hydrogen-bond donors (Lipinski definition) is 1. The Labute approximate surface area is 170 Å². The summed E-state index contributed by atoms with van der Waals surface area (Å²) in [5, 5.41) is 0.433. The number of aromatic amines is 1. The first kappa shape index (κ1) is 19.7. The molecule has 2 aliphatic carbocycles. The first-order valence-corrected chi connectivity index (χ1v) is 10.4. The second-order valence-corrected chi connectivity index (χ2v) is 8.28. The van der Waals surface area contributed by atoms with Gasteiger partial charge in [-0.25, -0.2) is 4.98 Å². The Kier molecular flexibility index (Phi) is 5.48. The standard InChI is InChI=1S/C22H29N3O4/c1-4-25(21(26)9-15-8-13-5-6-14(15)7-13)12-20-23-17-11-19(29-3)18(28-2)10-16(17)22(27)24-20/h10-11,13-15H,4-9,12H2,1-3H3,(H,23,24,27)/t13-,14-,15-/m0/s1. The van der Waals surface area contributed by atoms with Gasteiger partial charge in [0.1, 0.15) is 5.82 Å². The van der Waals surface area contributed by atoms with Gasteiger partial charge in [-0.15, -0.1) is 0 Å². The molecule has 1 amide bonds. The predicted octanol–water partition coefficient (Wildman–Crippen LogP) is 3.12. The number of nitrogens with one attached hydrogen (secondary N) is 1. The molecular weight excluding hydrogens is 370 g/mol. The molecule has 2 saturated carbocycles. The van der Waals surface area contributed by atoms with Crippen LogP contribution >= 0.6 is 0 Å². The summed E-state index contributed by atoms with van der Waals surface area (Å²) >= 11 is 0. The summed E-state index contributed by atoms with van der Waals surface area (Å²) in [6.07, 6.45) is 5.72. The Balaban J connectivity index is 1.53. The lowest BCUT2D eigenvalue weighted by Gasteiger charge is -2.26. The van der Waals surface area contributed by atoms with E-state index in [1.807, 2.05) is 6.92 Å². The van der Waals surface area contributed by atoms with Gasteiger partial charge in [-0.05, 0) is 50.0 Å². The van der Waals surface area contributed by atoms with E-state index < -0.39 is 0 Å². The van der Waals surface area contributed by atoms with Crippen LogP contribution in [0.15, 0.2) is 16.9 Å². The van der Waals surface area contributed by atoms with Crippen molar-refractivity contribution < 1.29 is 14.3 Å². The molecule has 29 heavy (non-hydrogen) atoms. The van der Waals surface area contributed by atoms with Crippen molar-refractivity contribution in [3.05, 3.63) is 28.3 Å². The molecule has 7 nitrogen and oxygen atoms in total. The molecule has 1 heterocycles. The fourth-order valence-electron chi connectivity index (χ4n) is 5.13. The Hall–Kier alpha value is -2.57. The van der Waals surface area contributed by atoms with Gasteiger partial charge >= 0.3 is 0 Å². The van der Waals surface area contributed by atoms with E-state index >= 15 is 0 Å². The molecule has 2 fully saturated rings. The van der Waals surface area contributed by atoms with Gasteiger partial charge in [0.2, 0.25) is 5.91 Å². The molecule has 1 N–H and O–H groups in total. The zero-order valence-electron chi connectivity index (χ0n) is 17.4. The maximum Gasteiger partial charge on any atom is 0.258 e. The summed E-state index contributed by atoms with van der Waals surface area (Å²) in [5.41, 5.74) is 0.278. The van der Waals surface area contributed by atoms with Crippen LogP contribution in [-0.2, 0) is 11.3 Å². The zero-order chi connectivity index (χ0) is 20.5. The Bertz CT molecular complexity index is 970. The quantitative estimate of drug-likeness (QED) is 0.773. The molecule has 1 aromatic carbocycles. The Morgan fingerprint density at radius 3 is 2.59 bits per heavy atom. The van der Waals surface area contributed by atoms with Crippen molar-refractivity contribution in [2.75, 3.05) is 20.8 Å². The summed E-state index contributed by atoms with van der Waals surface area (Å²) in [5.74, 6) is 3.72. The second-order valence-electron chi connectivity index (χ2n) is 8.28. The summed E-state index contributed by atoms with van der Waals surface area (Å²) < 4.78 is 10.6. The third-order valence-corrected chi connectivity index (χ3v) is 6.66. The number of H-pyrrole nitrogens is 1. The third kappa shape index (κ3) is 3.82. The highest BCUT2D eigenvalue weighted by Gasteiger charge is 2.40. The maximum absolute atomic E-state index is 12.9. The lowest BCUT2D eigenvalue weighted by molar-refractivity contribution is -0.133. The molecule has 7 heteroatoms. The van der Waals surface area contributed by atoms with E-state index in [4.69, 9.17) is 9.47 Å². The number of amides is 1. The van der Waals surface area contributed by atoms with Gasteiger partial charge in [0.25, 0.3) is 5.56 Å². The molecule has 3 atom stereocenters. The van der Waals surface area contributed by atoms with E-state index in [-0.39, 0.29) is 11.5 Å². The van der Waals surface area contributed by atoms with Crippen LogP contribution in [0.2, 0.25) is 0 Å². The molecule has 2 aromatic rings. The van der Waals surface area contributed by atoms with Gasteiger partial charge in [0.05, 0.1) is 31.7 Å². The molecule has 0 saturated heterocycles. The van der Waals surface area contributed by atoms with Crippen molar-refractivity contribution in [2.24, 2.45) is 17.8 Å². The number of nitrogens with zero attached hydrogens (tertiary/aromatic N) is 2. The van der Waals surface area contributed by atoms with Gasteiger partial charge in [-0.3, -0.25) is 9.59 Å². The van der Waals surface area contributed by atoms with Gasteiger partial charge in [0.15, 0.2) is 11.5 Å². The number of carbonyl (C=O) groups excluding carboxylic acids is 1. The molecule has 2 bridgehead atoms. The number of ether oxygens (including phenoxy) is 2. The molecule has 0 radical (unpaired) electrons. The van der Waals surface area contributed by atoms with E-state index in [1.54, 1.807) is 24.1 Å². The molecule has 1 aromatic heterocycles. The Morgan fingerprint density at radius 2 is 1.97 bits per heavy atom. The van der Waals surface area contributed by atoms with E-state index in [0.29, 0.717) is 53.7 Å². The van der Waals surface area contributed by atoms with Crippen LogP contribution in [-0.4, -0.2) is 41.5 Å². The molecule has 2 aliphatic rings. The number of hydrogen-bond acceptors (Lipinski definition) is 5. The number of carbonyl (C=O) groups is 1. The fourth-order valence-corrected chi connectivity index (χ4v) is 5.13. The fraction of sp³-hybridized carbons (Fsp3) is 0.591. The molecule has 0 unspecified atom stereocenters. The van der Waals surface area contributed by atoms with E-state index in [0.717, 1.165) is 11.8 Å². The lowest BCUT2D eigenvalue weighted by atomic mass is 9.86. The van der Waals surface area contributed by atoms with E-state index in [9.17, 15) is 9.59 Å². The highest BCUT2D eigenvalue weighted by molar-refractivity contribution is 5.82. The topological polar surface area (TPSA) is 84.5 Å². The molecule has 0 spiro atoms. The minimum absolute atomic E-state index is 0.153. The number of methoxy groups -OCH3 is 2. The number of benzene rings is 1. The van der Waals surface area contributed by atoms with Gasteiger partial charge in [-0.2, -0.15) is 0 Å². The summed E-state index contributed by atoms with van der Waals surface area (Å²) in [7, 11) is 3.07. The second kappa shape index (κ2) is 8.05. The highest BCUT2D eigenvalue weighted by atomic mass is 16.5. The van der Waals surface area contributed by atoms with Gasteiger partial charge in [0, 0.05) is 19.0 Å². The molecule has 4 rings (SSSR count). The number of aromatic nitrogens is 2. The summed E-state index contributed by atoms with van der Waals surface area (Å²) in [4.78, 5) is 34.7. The van der Waals surface area contributed by atoms with Crippen molar-refractivity contribution in [3.8, 4) is 11.5 Å². The summed E-state index contributed by atoms with van der Waals surface area (Å²) in [6.45, 7) is 2.86. The van der Waals surface area contributed by atoms with Crippen molar-refractivity contribution in [3.63, 3.8) is 0 Å². The minimum Gasteiger partial charge on any atom is -0.493 e. The van der Waals surface area contributed by atoms with Crippen LogP contribution in [0.1, 0.15) is 44.9 Å². The SMILES string of the molecule is CCN(Cc1nc2cc(OC)c(OC)cc2c(=O)[nH]1)C(=O)C[C@@H]1C[C@H]2CC[C@H]1C2. The smallest absolute Gasteiger partial charge is 0.258 e. The predicted molar refractivity (Wildman–Crippen MR) is 110 cm³/mol. The lowest BCUT2D eigenvalue weighted by Crippen LogP contribution is -2.33. The van der Waals surface area contributed by atoms with Gasteiger partial charge in [-0.1, -0.05) is 6.42 Å². The minimum atomic E-state index is -0.248. The van der Waals surface area contributed by atoms with E-state index in [2.05, 4.69) is 9.97 Å². The van der Waals surface area contributed by atoms with Crippen molar-refractivity contribution in [1.82, 2.24) is 14.9 Å². The number of fused-ring (bicyclic) bond motifs is 3. The normalized spacial score (nSPS) is 22.8. The largest absolute Gasteiger partial charge is 0.493 e. The average Bonchev–Trinajstić information content (AvgIpc) is 3.34. The van der Waals surface area contributed by atoms with Crippen molar-refractivity contribution >= 4 is 16.8 Å². The van der Waals surface area contributed by atoms with Gasteiger partial charge < -0.3 is 19.4 Å². The maximum atomic E-state index is 12.9. The van der Waals surface area contributed by atoms with Crippen molar-refractivity contribution in [2.45, 2.75) is 45.6 Å². The molecule has 0 aliphatic heterocycles. The first-order valence-electron chi connectivity index (χ1n) is 10.4. The van der Waals surface area contributed by atoms with Crippen LogP contribution in [0.3, 0.4) is 0 Å². The third-order valence-electron chi connectivity index (χ3n) is 6.66. The Morgan fingerprint density at radius 1 is 1.21 bits per heavy atom. The summed E-state index contributed by atoms with van der Waals surface area (Å²) in [6, 6.07) is 3.32. The van der Waals surface area contributed by atoms with E-state index in [1.165, 1.54) is 32.8 Å². The van der Waals surface area contributed by atoms with Crippen LogP contribution in [0.5, 0.6) is 11.5 Å². The number of rotatable bonds is 7.